The average Bonchev–Trinajstić information content (AvgIpc) is 2.25. The molecule has 0 saturated heterocycles. The van der Waals surface area contributed by atoms with Gasteiger partial charge < -0.3 is 10.5 Å². The molecule has 0 saturated carbocycles. The summed E-state index contributed by atoms with van der Waals surface area (Å²) in [5.74, 6) is 0.921. The minimum absolute atomic E-state index is 0.121. The number of nitrogens with two attached hydrogens (primary N) is 1. The van der Waals surface area contributed by atoms with Crippen molar-refractivity contribution in [3.8, 4) is 5.75 Å². The van der Waals surface area contributed by atoms with Gasteiger partial charge in [0.25, 0.3) is 0 Å². The summed E-state index contributed by atoms with van der Waals surface area (Å²) in [6, 6.07) is 8.28. The van der Waals surface area contributed by atoms with E-state index in [0.717, 1.165) is 12.2 Å². The van der Waals surface area contributed by atoms with Gasteiger partial charge in [-0.2, -0.15) is 0 Å². The van der Waals surface area contributed by atoms with E-state index in [9.17, 15) is 0 Å². The maximum Gasteiger partial charge on any atom is 0.120 e. The first kappa shape index (κ1) is 13.0. The van der Waals surface area contributed by atoms with Gasteiger partial charge in [0.05, 0.1) is 0 Å². The largest absolute Gasteiger partial charge is 0.489 e. The summed E-state index contributed by atoms with van der Waals surface area (Å²) in [7, 11) is 0. The Morgan fingerprint density at radius 1 is 1.31 bits per heavy atom. The van der Waals surface area contributed by atoms with E-state index in [1.807, 2.05) is 12.1 Å². The molecule has 0 radical (unpaired) electrons. The molecule has 0 aromatic heterocycles. The monoisotopic (exact) mass is 221 g/mol. The van der Waals surface area contributed by atoms with Crippen LogP contribution in [0.1, 0.15) is 39.7 Å². The molecule has 1 rings (SSSR count). The molecule has 0 fully saturated rings. The summed E-state index contributed by atoms with van der Waals surface area (Å²) >= 11 is 0. The molecule has 0 aliphatic rings. The number of ether oxygens (including phenoxy) is 1. The van der Waals surface area contributed by atoms with Gasteiger partial charge in [0.2, 0.25) is 0 Å². The Balaban J connectivity index is 2.82. The predicted molar refractivity (Wildman–Crippen MR) is 68.9 cm³/mol. The van der Waals surface area contributed by atoms with E-state index in [1.165, 1.54) is 5.56 Å². The van der Waals surface area contributed by atoms with Crippen LogP contribution in [0.5, 0.6) is 5.75 Å². The number of rotatable bonds is 4. The van der Waals surface area contributed by atoms with Crippen LogP contribution in [-0.2, 0) is 5.41 Å². The van der Waals surface area contributed by atoms with Crippen molar-refractivity contribution >= 4 is 0 Å². The molecule has 90 valence electrons. The van der Waals surface area contributed by atoms with Gasteiger partial charge in [-0.15, -0.1) is 0 Å². The van der Waals surface area contributed by atoms with Crippen molar-refractivity contribution in [2.24, 2.45) is 5.73 Å². The highest BCUT2D eigenvalue weighted by Crippen LogP contribution is 2.26. The lowest BCUT2D eigenvalue weighted by molar-refractivity contribution is 0.205. The van der Waals surface area contributed by atoms with Gasteiger partial charge in [-0.3, -0.25) is 0 Å². The molecule has 0 aliphatic carbocycles. The molecule has 1 atom stereocenters. The van der Waals surface area contributed by atoms with E-state index in [4.69, 9.17) is 10.5 Å². The first-order chi connectivity index (χ1) is 7.47. The first-order valence-corrected chi connectivity index (χ1v) is 5.94. The van der Waals surface area contributed by atoms with Gasteiger partial charge in [-0.1, -0.05) is 39.8 Å². The Morgan fingerprint density at radius 2 is 2.00 bits per heavy atom. The van der Waals surface area contributed by atoms with Crippen molar-refractivity contribution < 1.29 is 4.74 Å². The summed E-state index contributed by atoms with van der Waals surface area (Å²) in [4.78, 5) is 0. The van der Waals surface area contributed by atoms with Crippen LogP contribution in [0.15, 0.2) is 24.3 Å². The Hall–Kier alpha value is -1.02. The molecule has 2 nitrogen and oxygen atoms in total. The van der Waals surface area contributed by atoms with Crippen molar-refractivity contribution in [1.29, 1.82) is 0 Å². The molecule has 0 spiro atoms. The fourth-order valence-corrected chi connectivity index (χ4v) is 1.53. The lowest BCUT2D eigenvalue weighted by Crippen LogP contribution is -2.25. The Bertz CT molecular complexity index is 324. The van der Waals surface area contributed by atoms with Crippen LogP contribution < -0.4 is 10.5 Å². The first-order valence-electron chi connectivity index (χ1n) is 5.94. The summed E-state index contributed by atoms with van der Waals surface area (Å²) in [5.41, 5.74) is 7.08. The zero-order valence-corrected chi connectivity index (χ0v) is 10.8. The second-order valence-corrected chi connectivity index (χ2v) is 5.16. The average molecular weight is 221 g/mol. The summed E-state index contributed by atoms with van der Waals surface area (Å²) in [6.07, 6.45) is 1.06. The van der Waals surface area contributed by atoms with E-state index in [2.05, 4.69) is 39.8 Å². The topological polar surface area (TPSA) is 35.2 Å². The van der Waals surface area contributed by atoms with Crippen molar-refractivity contribution in [3.05, 3.63) is 29.8 Å². The highest BCUT2D eigenvalue weighted by molar-refractivity contribution is 5.32. The van der Waals surface area contributed by atoms with Gasteiger partial charge in [-0.25, -0.2) is 0 Å². The zero-order chi connectivity index (χ0) is 12.2. The highest BCUT2D eigenvalue weighted by Gasteiger charge is 2.14. The van der Waals surface area contributed by atoms with Crippen LogP contribution in [0, 0.1) is 0 Å². The van der Waals surface area contributed by atoms with Gasteiger partial charge in [0, 0.05) is 6.54 Å². The van der Waals surface area contributed by atoms with Crippen molar-refractivity contribution in [2.45, 2.75) is 45.6 Å². The molecule has 0 bridgehead atoms. The van der Waals surface area contributed by atoms with Gasteiger partial charge in [0.1, 0.15) is 11.9 Å². The summed E-state index contributed by atoms with van der Waals surface area (Å²) in [6.45, 7) is 9.26. The molecular weight excluding hydrogens is 198 g/mol. The van der Waals surface area contributed by atoms with Crippen LogP contribution in [0.25, 0.3) is 0 Å². The molecule has 1 unspecified atom stereocenters. The Kier molecular flexibility index (Phi) is 4.36. The Morgan fingerprint density at radius 3 is 2.50 bits per heavy atom. The minimum Gasteiger partial charge on any atom is -0.489 e. The molecular formula is C14H23NO. The molecule has 2 N–H and O–H groups in total. The molecule has 0 aliphatic heterocycles. The molecule has 0 heterocycles. The van der Waals surface area contributed by atoms with Gasteiger partial charge in [-0.05, 0) is 29.5 Å². The van der Waals surface area contributed by atoms with Gasteiger partial charge in [0.15, 0.2) is 0 Å². The van der Waals surface area contributed by atoms with Crippen LogP contribution in [-0.4, -0.2) is 12.6 Å². The molecule has 2 heteroatoms. The van der Waals surface area contributed by atoms with Crippen LogP contribution in [0.4, 0.5) is 0 Å². The highest BCUT2D eigenvalue weighted by atomic mass is 16.5. The second-order valence-electron chi connectivity index (χ2n) is 5.16. The normalized spacial score (nSPS) is 13.6. The second kappa shape index (κ2) is 5.35. The molecule has 0 amide bonds. The van der Waals surface area contributed by atoms with Crippen molar-refractivity contribution in [3.63, 3.8) is 0 Å². The smallest absolute Gasteiger partial charge is 0.120 e. The standard InChI is InChI=1S/C14H23NO/c1-5-12(10-15)16-13-8-6-7-11(9-13)14(2,3)4/h6-9,12H,5,10,15H2,1-4H3. The van der Waals surface area contributed by atoms with Crippen LogP contribution >= 0.6 is 0 Å². The minimum atomic E-state index is 0.121. The van der Waals surface area contributed by atoms with E-state index >= 15 is 0 Å². The number of hydrogen-bond acceptors (Lipinski definition) is 2. The summed E-state index contributed by atoms with van der Waals surface area (Å²) < 4.78 is 5.82. The van der Waals surface area contributed by atoms with Crippen molar-refractivity contribution in [2.75, 3.05) is 6.54 Å². The van der Waals surface area contributed by atoms with E-state index in [0.29, 0.717) is 6.54 Å². The third-order valence-electron chi connectivity index (χ3n) is 2.72. The lowest BCUT2D eigenvalue weighted by atomic mass is 9.87. The fourth-order valence-electron chi connectivity index (χ4n) is 1.53. The van der Waals surface area contributed by atoms with E-state index in [1.54, 1.807) is 0 Å². The molecule has 1 aromatic rings. The van der Waals surface area contributed by atoms with E-state index in [-0.39, 0.29) is 11.5 Å². The number of benzene rings is 1. The van der Waals surface area contributed by atoms with Gasteiger partial charge >= 0.3 is 0 Å². The summed E-state index contributed by atoms with van der Waals surface area (Å²) in [5, 5.41) is 0. The zero-order valence-electron chi connectivity index (χ0n) is 10.8. The Labute approximate surface area is 98.8 Å². The van der Waals surface area contributed by atoms with Crippen LogP contribution in [0.2, 0.25) is 0 Å². The predicted octanol–water partition coefficient (Wildman–Crippen LogP) is 3.10. The fraction of sp³-hybridized carbons (Fsp3) is 0.571. The third-order valence-corrected chi connectivity index (χ3v) is 2.72. The maximum atomic E-state index is 5.82. The maximum absolute atomic E-state index is 5.82. The van der Waals surface area contributed by atoms with E-state index < -0.39 is 0 Å². The molecule has 16 heavy (non-hydrogen) atoms. The SMILES string of the molecule is CCC(CN)Oc1cccc(C(C)(C)C)c1. The number of hydrogen-bond donors (Lipinski definition) is 1. The quantitative estimate of drug-likeness (QED) is 0.848. The van der Waals surface area contributed by atoms with Crippen LogP contribution in [0.3, 0.4) is 0 Å². The lowest BCUT2D eigenvalue weighted by Gasteiger charge is -2.21. The molecule has 1 aromatic carbocycles. The third kappa shape index (κ3) is 3.53. The van der Waals surface area contributed by atoms with Crippen molar-refractivity contribution in [1.82, 2.24) is 0 Å².